The number of hydrogen-bond acceptors (Lipinski definition) is 4. The first-order valence-corrected chi connectivity index (χ1v) is 9.47. The minimum Gasteiger partial charge on any atom is -0.191 e. The van der Waals surface area contributed by atoms with Crippen LogP contribution in [0.25, 0.3) is 0 Å². The molecular formula is C20H22N4S. The van der Waals surface area contributed by atoms with Crippen molar-refractivity contribution in [1.82, 2.24) is 14.9 Å². The van der Waals surface area contributed by atoms with Crippen molar-refractivity contribution < 1.29 is 0 Å². The van der Waals surface area contributed by atoms with E-state index in [2.05, 4.69) is 65.5 Å². The van der Waals surface area contributed by atoms with Gasteiger partial charge in [-0.15, -0.1) is 10.2 Å². The van der Waals surface area contributed by atoms with E-state index in [0.717, 1.165) is 35.1 Å². The Morgan fingerprint density at radius 1 is 1.04 bits per heavy atom. The maximum Gasteiger partial charge on any atom is 0.212 e. The number of aryl methyl sites for hydroxylation is 2. The number of thioether (sulfide) groups is 1. The maximum atomic E-state index is 4.67. The number of hydrogen-bond donors (Lipinski definition) is 0. The summed E-state index contributed by atoms with van der Waals surface area (Å²) < 4.78 is 1.88. The molecule has 1 heterocycles. The van der Waals surface area contributed by atoms with Gasteiger partial charge in [-0.3, -0.25) is 0 Å². The lowest BCUT2D eigenvalue weighted by atomic mass is 10.1. The average molecular weight is 350 g/mol. The number of benzene rings is 2. The summed E-state index contributed by atoms with van der Waals surface area (Å²) in [4.78, 5) is 0. The van der Waals surface area contributed by atoms with Crippen LogP contribution in [0.15, 0.2) is 64.9 Å². The molecule has 128 valence electrons. The molecule has 0 saturated carbocycles. The van der Waals surface area contributed by atoms with Crippen LogP contribution in [0.4, 0.5) is 0 Å². The van der Waals surface area contributed by atoms with Crippen LogP contribution in [-0.4, -0.2) is 21.1 Å². The van der Waals surface area contributed by atoms with E-state index in [-0.39, 0.29) is 0 Å². The first-order chi connectivity index (χ1) is 12.3. The molecule has 5 heteroatoms. The summed E-state index contributed by atoms with van der Waals surface area (Å²) in [6.07, 6.45) is 3.77. The smallest absolute Gasteiger partial charge is 0.191 e. The van der Waals surface area contributed by atoms with Gasteiger partial charge < -0.3 is 0 Å². The predicted molar refractivity (Wildman–Crippen MR) is 104 cm³/mol. The van der Waals surface area contributed by atoms with Gasteiger partial charge in [0.2, 0.25) is 5.16 Å². The predicted octanol–water partition coefficient (Wildman–Crippen LogP) is 4.71. The second-order valence-corrected chi connectivity index (χ2v) is 6.78. The van der Waals surface area contributed by atoms with Crippen molar-refractivity contribution in [3.8, 4) is 0 Å². The molecule has 0 N–H and O–H groups in total. The minimum atomic E-state index is 0.831. The lowest BCUT2D eigenvalue weighted by Crippen LogP contribution is -2.01. The highest BCUT2D eigenvalue weighted by Gasteiger charge is 2.11. The summed E-state index contributed by atoms with van der Waals surface area (Å²) in [5.74, 6) is 1.76. The van der Waals surface area contributed by atoms with E-state index >= 15 is 0 Å². The molecule has 0 radical (unpaired) electrons. The molecule has 0 spiro atoms. The van der Waals surface area contributed by atoms with Crippen LogP contribution in [0.1, 0.15) is 35.9 Å². The molecule has 25 heavy (non-hydrogen) atoms. The highest BCUT2D eigenvalue weighted by Crippen LogP contribution is 2.22. The van der Waals surface area contributed by atoms with Gasteiger partial charge in [0.1, 0.15) is 0 Å². The van der Waals surface area contributed by atoms with Gasteiger partial charge in [0.05, 0.1) is 6.21 Å². The molecule has 2 aromatic carbocycles. The molecule has 3 aromatic rings. The molecule has 0 amide bonds. The molecule has 0 bridgehead atoms. The Labute approximate surface area is 153 Å². The second kappa shape index (κ2) is 8.62. The van der Waals surface area contributed by atoms with Gasteiger partial charge in [-0.1, -0.05) is 73.3 Å². The summed E-state index contributed by atoms with van der Waals surface area (Å²) in [7, 11) is 0. The normalized spacial score (nSPS) is 11.3. The van der Waals surface area contributed by atoms with E-state index in [0.29, 0.717) is 0 Å². The van der Waals surface area contributed by atoms with Crippen LogP contribution in [0, 0.1) is 6.92 Å². The molecule has 0 aliphatic heterocycles. The van der Waals surface area contributed by atoms with Gasteiger partial charge in [-0.05, 0) is 30.0 Å². The Hall–Kier alpha value is -2.40. The molecule has 0 fully saturated rings. The first-order valence-electron chi connectivity index (χ1n) is 8.49. The van der Waals surface area contributed by atoms with E-state index in [1.807, 2.05) is 29.1 Å². The van der Waals surface area contributed by atoms with Crippen LogP contribution < -0.4 is 0 Å². The van der Waals surface area contributed by atoms with Crippen molar-refractivity contribution in [2.75, 3.05) is 0 Å². The zero-order valence-corrected chi connectivity index (χ0v) is 15.4. The fourth-order valence-corrected chi connectivity index (χ4v) is 3.32. The van der Waals surface area contributed by atoms with Crippen LogP contribution >= 0.6 is 11.8 Å². The lowest BCUT2D eigenvalue weighted by molar-refractivity contribution is 0.700. The number of aromatic nitrogens is 3. The number of nitrogens with zero attached hydrogens (tertiary/aromatic N) is 4. The molecule has 3 rings (SSSR count). The largest absolute Gasteiger partial charge is 0.212 e. The Morgan fingerprint density at radius 2 is 1.80 bits per heavy atom. The topological polar surface area (TPSA) is 43.1 Å². The summed E-state index contributed by atoms with van der Waals surface area (Å²) in [6.45, 7) is 4.23. The SMILES string of the molecule is CCCc1nnc(SCc2ccccc2)n1/N=C/c1ccccc1C. The lowest BCUT2D eigenvalue weighted by Gasteiger charge is -2.05. The van der Waals surface area contributed by atoms with Crippen molar-refractivity contribution >= 4 is 18.0 Å². The zero-order chi connectivity index (χ0) is 17.5. The summed E-state index contributed by atoms with van der Waals surface area (Å²) in [5.41, 5.74) is 3.58. The third kappa shape index (κ3) is 4.57. The summed E-state index contributed by atoms with van der Waals surface area (Å²) >= 11 is 1.66. The van der Waals surface area contributed by atoms with Crippen molar-refractivity contribution in [3.63, 3.8) is 0 Å². The molecule has 0 saturated heterocycles. The van der Waals surface area contributed by atoms with Crippen LogP contribution in [0.5, 0.6) is 0 Å². The average Bonchev–Trinajstić information content (AvgIpc) is 3.02. The Morgan fingerprint density at radius 3 is 2.56 bits per heavy atom. The first kappa shape index (κ1) is 17.4. The highest BCUT2D eigenvalue weighted by atomic mass is 32.2. The molecule has 0 unspecified atom stereocenters. The van der Waals surface area contributed by atoms with Gasteiger partial charge in [0.15, 0.2) is 5.82 Å². The van der Waals surface area contributed by atoms with E-state index in [1.165, 1.54) is 11.1 Å². The maximum absolute atomic E-state index is 4.67. The van der Waals surface area contributed by atoms with E-state index < -0.39 is 0 Å². The Balaban J connectivity index is 1.83. The Kier molecular flexibility index (Phi) is 6.01. The molecular weight excluding hydrogens is 328 g/mol. The van der Waals surface area contributed by atoms with E-state index in [1.54, 1.807) is 11.8 Å². The zero-order valence-electron chi connectivity index (χ0n) is 14.6. The third-order valence-corrected chi connectivity index (χ3v) is 4.85. The summed E-state index contributed by atoms with van der Waals surface area (Å²) in [5, 5.41) is 14.2. The third-order valence-electron chi connectivity index (χ3n) is 3.86. The van der Waals surface area contributed by atoms with Gasteiger partial charge in [-0.2, -0.15) is 9.78 Å². The minimum absolute atomic E-state index is 0.831. The van der Waals surface area contributed by atoms with Crippen LogP contribution in [-0.2, 0) is 12.2 Å². The number of rotatable bonds is 7. The second-order valence-electron chi connectivity index (χ2n) is 5.84. The van der Waals surface area contributed by atoms with Crippen molar-refractivity contribution in [1.29, 1.82) is 0 Å². The van der Waals surface area contributed by atoms with Gasteiger partial charge in [-0.25, -0.2) is 0 Å². The van der Waals surface area contributed by atoms with Crippen LogP contribution in [0.3, 0.4) is 0 Å². The van der Waals surface area contributed by atoms with E-state index in [4.69, 9.17) is 0 Å². The Bertz CT molecular complexity index is 840. The van der Waals surface area contributed by atoms with Crippen LogP contribution in [0.2, 0.25) is 0 Å². The molecule has 1 aromatic heterocycles. The summed E-state index contributed by atoms with van der Waals surface area (Å²) in [6, 6.07) is 18.6. The molecule has 4 nitrogen and oxygen atoms in total. The van der Waals surface area contributed by atoms with Crippen molar-refractivity contribution in [2.24, 2.45) is 5.10 Å². The van der Waals surface area contributed by atoms with Crippen molar-refractivity contribution in [3.05, 3.63) is 77.1 Å². The van der Waals surface area contributed by atoms with Gasteiger partial charge >= 0.3 is 0 Å². The monoisotopic (exact) mass is 350 g/mol. The molecule has 0 aliphatic rings. The van der Waals surface area contributed by atoms with Gasteiger partial charge in [0, 0.05) is 12.2 Å². The fourth-order valence-electron chi connectivity index (χ4n) is 2.45. The van der Waals surface area contributed by atoms with E-state index in [9.17, 15) is 0 Å². The quantitative estimate of drug-likeness (QED) is 0.458. The standard InChI is InChI=1S/C20H22N4S/c1-3-9-19-22-23-20(25-15-17-11-5-4-6-12-17)24(19)21-14-18-13-8-7-10-16(18)2/h4-8,10-14H,3,9,15H2,1-2H3/b21-14+. The fraction of sp³-hybridized carbons (Fsp3) is 0.250. The van der Waals surface area contributed by atoms with Gasteiger partial charge in [0.25, 0.3) is 0 Å². The highest BCUT2D eigenvalue weighted by molar-refractivity contribution is 7.98. The molecule has 0 atom stereocenters. The van der Waals surface area contributed by atoms with Crippen molar-refractivity contribution in [2.45, 2.75) is 37.6 Å². The molecule has 0 aliphatic carbocycles.